The van der Waals surface area contributed by atoms with E-state index in [1.807, 2.05) is 24.3 Å². The number of carbonyl (C=O) groups excluding carboxylic acids is 1. The first-order valence-corrected chi connectivity index (χ1v) is 15.5. The van der Waals surface area contributed by atoms with Crippen molar-refractivity contribution in [2.45, 2.75) is 45.3 Å². The van der Waals surface area contributed by atoms with Crippen molar-refractivity contribution in [3.8, 4) is 11.3 Å². The van der Waals surface area contributed by atoms with Gasteiger partial charge in [-0.2, -0.15) is 0 Å². The molecule has 210 valence electrons. The predicted molar refractivity (Wildman–Crippen MR) is 164 cm³/mol. The smallest absolute Gasteiger partial charge is 0.236 e. The van der Waals surface area contributed by atoms with E-state index in [4.69, 9.17) is 16.6 Å². The van der Waals surface area contributed by atoms with Crippen LogP contribution in [0.1, 0.15) is 47.4 Å². The van der Waals surface area contributed by atoms with E-state index < -0.39 is 0 Å². The molecule has 3 aliphatic rings. The third-order valence-corrected chi connectivity index (χ3v) is 10.1. The van der Waals surface area contributed by atoms with Gasteiger partial charge in [0.2, 0.25) is 5.91 Å². The summed E-state index contributed by atoms with van der Waals surface area (Å²) in [4.78, 5) is 25.1. The third kappa shape index (κ3) is 5.32. The quantitative estimate of drug-likeness (QED) is 0.384. The lowest BCUT2D eigenvalue weighted by atomic mass is 9.93. The number of benzene rings is 2. The van der Waals surface area contributed by atoms with Crippen LogP contribution in [0.3, 0.4) is 0 Å². The van der Waals surface area contributed by atoms with Crippen LogP contribution in [-0.4, -0.2) is 71.7 Å². The number of amides is 1. The lowest BCUT2D eigenvalue weighted by Gasteiger charge is -2.37. The molecule has 1 fully saturated rings. The zero-order valence-corrected chi connectivity index (χ0v) is 25.0. The molecule has 2 aliphatic heterocycles. The maximum Gasteiger partial charge on any atom is 0.236 e. The molecule has 3 aromatic rings. The van der Waals surface area contributed by atoms with E-state index in [0.29, 0.717) is 25.6 Å². The molecule has 6 rings (SSSR count). The van der Waals surface area contributed by atoms with Gasteiger partial charge in [0.25, 0.3) is 0 Å². The van der Waals surface area contributed by atoms with E-state index in [1.165, 1.54) is 27.1 Å². The molecule has 2 aromatic carbocycles. The van der Waals surface area contributed by atoms with Crippen molar-refractivity contribution >= 4 is 39.5 Å². The topological polar surface area (TPSA) is 59.9 Å². The van der Waals surface area contributed by atoms with Crippen molar-refractivity contribution in [3.63, 3.8) is 0 Å². The van der Waals surface area contributed by atoms with E-state index in [-0.39, 0.29) is 18.1 Å². The Morgan fingerprint density at radius 1 is 1.18 bits per heavy atom. The summed E-state index contributed by atoms with van der Waals surface area (Å²) in [6.45, 7) is 7.47. The van der Waals surface area contributed by atoms with Crippen molar-refractivity contribution in [2.24, 2.45) is 5.92 Å². The molecule has 2 unspecified atom stereocenters. The predicted octanol–water partition coefficient (Wildman–Crippen LogP) is 5.82. The number of rotatable bonds is 7. The van der Waals surface area contributed by atoms with Gasteiger partial charge in [0.05, 0.1) is 24.4 Å². The Morgan fingerprint density at radius 2 is 1.93 bits per heavy atom. The molecule has 40 heavy (non-hydrogen) atoms. The number of fused-ring (bicyclic) bond motifs is 1. The molecule has 0 radical (unpaired) electrons. The van der Waals surface area contributed by atoms with Gasteiger partial charge in [0.1, 0.15) is 0 Å². The van der Waals surface area contributed by atoms with Gasteiger partial charge in [-0.25, -0.2) is 4.98 Å². The normalized spacial score (nSPS) is 21.2. The Morgan fingerprint density at radius 3 is 2.60 bits per heavy atom. The summed E-state index contributed by atoms with van der Waals surface area (Å²) in [5.74, 6) is 0.660. The number of β-amino-alcohol motifs (C(OH)–C–C–N with tert-alkyl or cyclic N) is 1. The lowest BCUT2D eigenvalue weighted by Crippen LogP contribution is -2.56. The highest BCUT2D eigenvalue weighted by molar-refractivity contribution is 7.16. The summed E-state index contributed by atoms with van der Waals surface area (Å²) in [7, 11) is 2.20. The minimum Gasteiger partial charge on any atom is -0.389 e. The van der Waals surface area contributed by atoms with Crippen LogP contribution in [0.5, 0.6) is 0 Å². The molecular weight excluding hydrogens is 540 g/mol. The summed E-state index contributed by atoms with van der Waals surface area (Å²) in [5, 5.41) is 11.3. The molecule has 8 heteroatoms. The summed E-state index contributed by atoms with van der Waals surface area (Å²) in [5.41, 5.74) is 7.65. The molecule has 3 heterocycles. The average molecular weight is 577 g/mol. The summed E-state index contributed by atoms with van der Waals surface area (Å²) < 4.78 is 0. The summed E-state index contributed by atoms with van der Waals surface area (Å²) in [6, 6.07) is 15.3. The number of aliphatic hydroxyl groups excluding tert-OH is 1. The largest absolute Gasteiger partial charge is 0.389 e. The van der Waals surface area contributed by atoms with Crippen molar-refractivity contribution in [3.05, 3.63) is 75.1 Å². The number of hydrogen-bond donors (Lipinski definition) is 1. The number of aliphatic hydroxyl groups is 1. The van der Waals surface area contributed by atoms with Crippen molar-refractivity contribution in [1.82, 2.24) is 14.8 Å². The minimum atomic E-state index is -0.350. The number of anilines is 1. The van der Waals surface area contributed by atoms with Crippen LogP contribution >= 0.6 is 22.9 Å². The van der Waals surface area contributed by atoms with Crippen LogP contribution in [0.4, 0.5) is 5.13 Å². The number of aryl methyl sites for hydroxylation is 1. The standard InChI is InChI=1S/C32H37ClN4O2S/c1-4-21-15-25-6-5-24(22-11-13-36(14-12-22)19-29(39)37-17-27(38)18-37)16-28(25)31(21)35(3)32-34-30(20(2)40-32)23-7-9-26(33)10-8-23/h5-11,16,21,27,31,38H,4,12-15,17-19H2,1-3H3. The monoisotopic (exact) mass is 576 g/mol. The maximum absolute atomic E-state index is 12.4. The van der Waals surface area contributed by atoms with Gasteiger partial charge in [-0.05, 0) is 66.1 Å². The maximum atomic E-state index is 12.4. The molecule has 0 saturated carbocycles. The van der Waals surface area contributed by atoms with Gasteiger partial charge in [0.15, 0.2) is 5.13 Å². The third-order valence-electron chi connectivity index (χ3n) is 8.78. The van der Waals surface area contributed by atoms with Crippen LogP contribution in [0.25, 0.3) is 16.8 Å². The molecule has 1 amide bonds. The first-order chi connectivity index (χ1) is 19.3. The number of aromatic nitrogens is 1. The van der Waals surface area contributed by atoms with Crippen LogP contribution in [0, 0.1) is 12.8 Å². The number of thiazole rings is 1. The van der Waals surface area contributed by atoms with E-state index >= 15 is 0 Å². The van der Waals surface area contributed by atoms with Gasteiger partial charge in [-0.15, -0.1) is 11.3 Å². The Balaban J connectivity index is 1.20. The second-order valence-corrected chi connectivity index (χ2v) is 13.0. The van der Waals surface area contributed by atoms with Gasteiger partial charge in [0, 0.05) is 48.7 Å². The van der Waals surface area contributed by atoms with Gasteiger partial charge in [-0.3, -0.25) is 9.69 Å². The van der Waals surface area contributed by atoms with E-state index in [2.05, 4.69) is 55.0 Å². The number of halogens is 1. The molecule has 1 aliphatic carbocycles. The zero-order chi connectivity index (χ0) is 28.0. The highest BCUT2D eigenvalue weighted by Gasteiger charge is 2.36. The second-order valence-electron chi connectivity index (χ2n) is 11.4. The van der Waals surface area contributed by atoms with Crippen LogP contribution in [0.15, 0.2) is 48.5 Å². The van der Waals surface area contributed by atoms with Crippen molar-refractivity contribution < 1.29 is 9.90 Å². The fraction of sp³-hybridized carbons (Fsp3) is 0.438. The van der Waals surface area contributed by atoms with Crippen molar-refractivity contribution in [1.29, 1.82) is 0 Å². The molecule has 1 N–H and O–H groups in total. The number of carbonyl (C=O) groups is 1. The first-order valence-electron chi connectivity index (χ1n) is 14.3. The minimum absolute atomic E-state index is 0.118. The molecule has 0 spiro atoms. The van der Waals surface area contributed by atoms with E-state index in [9.17, 15) is 9.90 Å². The molecule has 6 nitrogen and oxygen atoms in total. The Kier molecular flexibility index (Phi) is 7.75. The average Bonchev–Trinajstić information content (AvgIpc) is 3.51. The SMILES string of the molecule is CCC1Cc2ccc(C3=CCN(CC(=O)N4CC(O)C4)CC3)cc2C1N(C)c1nc(-c2ccc(Cl)cc2)c(C)s1. The zero-order valence-electron chi connectivity index (χ0n) is 23.4. The Labute approximate surface area is 245 Å². The van der Waals surface area contributed by atoms with Gasteiger partial charge >= 0.3 is 0 Å². The van der Waals surface area contributed by atoms with Crippen molar-refractivity contribution in [2.75, 3.05) is 44.7 Å². The fourth-order valence-corrected chi connectivity index (χ4v) is 7.45. The highest BCUT2D eigenvalue weighted by atomic mass is 35.5. The van der Waals surface area contributed by atoms with E-state index in [0.717, 1.165) is 53.8 Å². The lowest BCUT2D eigenvalue weighted by molar-refractivity contribution is -0.142. The fourth-order valence-electron chi connectivity index (χ4n) is 6.39. The van der Waals surface area contributed by atoms with Crippen LogP contribution < -0.4 is 4.90 Å². The Bertz CT molecular complexity index is 1430. The molecule has 1 saturated heterocycles. The number of likely N-dealkylation sites (tertiary alicyclic amines) is 1. The van der Waals surface area contributed by atoms with E-state index in [1.54, 1.807) is 16.2 Å². The molecule has 2 atom stereocenters. The molecular formula is C32H37ClN4O2S. The van der Waals surface area contributed by atoms with Gasteiger partial charge in [-0.1, -0.05) is 55.3 Å². The first kappa shape index (κ1) is 27.5. The van der Waals surface area contributed by atoms with Crippen LogP contribution in [0.2, 0.25) is 5.02 Å². The summed E-state index contributed by atoms with van der Waals surface area (Å²) in [6.07, 6.45) is 5.08. The number of hydrogen-bond acceptors (Lipinski definition) is 6. The molecule has 1 aromatic heterocycles. The summed E-state index contributed by atoms with van der Waals surface area (Å²) >= 11 is 7.89. The Hall–Kier alpha value is -2.71. The molecule has 0 bridgehead atoms. The second kappa shape index (κ2) is 11.3. The number of nitrogens with zero attached hydrogens (tertiary/aromatic N) is 4. The highest BCUT2D eigenvalue weighted by Crippen LogP contribution is 2.46. The van der Waals surface area contributed by atoms with Crippen LogP contribution in [-0.2, 0) is 11.2 Å². The van der Waals surface area contributed by atoms with Gasteiger partial charge < -0.3 is 14.9 Å².